The molecule has 0 spiro atoms. The van der Waals surface area contributed by atoms with Gasteiger partial charge in [0.05, 0.1) is 11.3 Å². The van der Waals surface area contributed by atoms with E-state index in [0.29, 0.717) is 5.56 Å². The van der Waals surface area contributed by atoms with Gasteiger partial charge in [-0.05, 0) is 24.3 Å². The van der Waals surface area contributed by atoms with Gasteiger partial charge >= 0.3 is 0 Å². The highest BCUT2D eigenvalue weighted by Gasteiger charge is 2.12. The third-order valence-corrected chi connectivity index (χ3v) is 2.79. The van der Waals surface area contributed by atoms with E-state index in [1.54, 1.807) is 18.3 Å². The average Bonchev–Trinajstić information content (AvgIpc) is 2.40. The molecule has 0 atom stereocenters. The lowest BCUT2D eigenvalue weighted by Gasteiger charge is -2.07. The first-order valence-corrected chi connectivity index (χ1v) is 5.77. The molecule has 0 fully saturated rings. The molecule has 19 heavy (non-hydrogen) atoms. The van der Waals surface area contributed by atoms with Crippen molar-refractivity contribution in [3.63, 3.8) is 0 Å². The molecule has 0 amide bonds. The summed E-state index contributed by atoms with van der Waals surface area (Å²) < 4.78 is 13.8. The van der Waals surface area contributed by atoms with Gasteiger partial charge in [0.25, 0.3) is 0 Å². The van der Waals surface area contributed by atoms with Crippen molar-refractivity contribution < 1.29 is 4.39 Å². The smallest absolute Gasteiger partial charge is 0.134 e. The average molecular weight is 274 g/mol. The molecule has 0 saturated heterocycles. The minimum absolute atomic E-state index is 0.0599. The monoisotopic (exact) mass is 273 g/mol. The molecule has 0 aliphatic carbocycles. The van der Waals surface area contributed by atoms with Crippen molar-refractivity contribution in [3.05, 3.63) is 64.7 Å². The van der Waals surface area contributed by atoms with Crippen LogP contribution in [0.4, 0.5) is 4.39 Å². The van der Waals surface area contributed by atoms with Crippen LogP contribution in [0.15, 0.2) is 42.7 Å². The first-order chi connectivity index (χ1) is 9.13. The van der Waals surface area contributed by atoms with Gasteiger partial charge in [-0.1, -0.05) is 17.7 Å². The maximum absolute atomic E-state index is 13.8. The Morgan fingerprint density at radius 2 is 2.16 bits per heavy atom. The molecule has 5 heteroatoms. The van der Waals surface area contributed by atoms with E-state index in [9.17, 15) is 9.65 Å². The summed E-state index contributed by atoms with van der Waals surface area (Å²) in [6, 6.07) is 9.46. The van der Waals surface area contributed by atoms with Crippen LogP contribution in [0.3, 0.4) is 0 Å². The number of nitriles is 1. The zero-order chi connectivity index (χ0) is 13.8. The molecule has 2 aromatic rings. The number of allylic oxidation sites excluding steroid dienone is 1. The lowest BCUT2D eigenvalue weighted by atomic mass is 10.0. The lowest BCUT2D eigenvalue weighted by Crippen LogP contribution is -2.03. The van der Waals surface area contributed by atoms with Crippen molar-refractivity contribution >= 4 is 22.9 Å². The zero-order valence-electron chi connectivity index (χ0n) is 9.77. The molecule has 1 aromatic heterocycles. The van der Waals surface area contributed by atoms with Gasteiger partial charge in [-0.15, -0.1) is 0 Å². The number of nitrogens with zero attached hydrogens (tertiary/aromatic N) is 2. The third kappa shape index (κ3) is 2.72. The predicted molar refractivity (Wildman–Crippen MR) is 72.3 cm³/mol. The fourth-order valence-corrected chi connectivity index (χ4v) is 1.79. The molecule has 3 nitrogen and oxygen atoms in total. The summed E-state index contributed by atoms with van der Waals surface area (Å²) in [5.74, 6) is -0.568. The van der Waals surface area contributed by atoms with E-state index in [2.05, 4.69) is 4.98 Å². The van der Waals surface area contributed by atoms with E-state index in [-0.39, 0.29) is 21.9 Å². The molecule has 1 aromatic carbocycles. The summed E-state index contributed by atoms with van der Waals surface area (Å²) in [6.07, 6.45) is 3.08. The van der Waals surface area contributed by atoms with E-state index in [4.69, 9.17) is 17.3 Å². The maximum Gasteiger partial charge on any atom is 0.134 e. The number of nitrogens with two attached hydrogens (primary N) is 1. The third-order valence-electron chi connectivity index (χ3n) is 2.55. The Morgan fingerprint density at radius 1 is 1.37 bits per heavy atom. The van der Waals surface area contributed by atoms with E-state index in [1.165, 1.54) is 18.3 Å². The minimum atomic E-state index is -0.568. The van der Waals surface area contributed by atoms with Crippen LogP contribution in [0.5, 0.6) is 0 Å². The lowest BCUT2D eigenvalue weighted by molar-refractivity contribution is 0.624. The Kier molecular flexibility index (Phi) is 3.79. The molecule has 1 heterocycles. The summed E-state index contributed by atoms with van der Waals surface area (Å²) in [5, 5.41) is 9.46. The highest BCUT2D eigenvalue weighted by Crippen LogP contribution is 2.25. The Hall–Kier alpha value is -2.38. The Labute approximate surface area is 114 Å². The van der Waals surface area contributed by atoms with E-state index in [0.717, 1.165) is 6.07 Å². The Balaban J connectivity index is 2.59. The number of halogens is 2. The molecule has 0 radical (unpaired) electrons. The second-order valence-corrected chi connectivity index (χ2v) is 4.20. The number of hydrogen-bond acceptors (Lipinski definition) is 3. The summed E-state index contributed by atoms with van der Waals surface area (Å²) in [4.78, 5) is 3.91. The highest BCUT2D eigenvalue weighted by molar-refractivity contribution is 6.30. The first kappa shape index (κ1) is 13.1. The maximum atomic E-state index is 13.8. The van der Waals surface area contributed by atoms with Crippen LogP contribution < -0.4 is 5.73 Å². The SMILES string of the molecule is N#C/C(=C(/N)c1ccc(Cl)cc1F)c1cccnc1. The van der Waals surface area contributed by atoms with Crippen molar-refractivity contribution in [2.24, 2.45) is 5.73 Å². The number of benzene rings is 1. The van der Waals surface area contributed by atoms with Gasteiger partial charge in [0.15, 0.2) is 0 Å². The topological polar surface area (TPSA) is 62.7 Å². The molecule has 0 bridgehead atoms. The normalized spacial score (nSPS) is 11.6. The van der Waals surface area contributed by atoms with Gasteiger partial charge < -0.3 is 5.73 Å². The summed E-state index contributed by atoms with van der Waals surface area (Å²) in [7, 11) is 0. The molecule has 0 saturated carbocycles. The van der Waals surface area contributed by atoms with E-state index < -0.39 is 5.82 Å². The van der Waals surface area contributed by atoms with Crippen molar-refractivity contribution in [2.75, 3.05) is 0 Å². The molecule has 0 aliphatic heterocycles. The Morgan fingerprint density at radius 3 is 2.74 bits per heavy atom. The summed E-state index contributed by atoms with van der Waals surface area (Å²) >= 11 is 5.68. The Bertz CT molecular complexity index is 675. The molecule has 0 unspecified atom stereocenters. The fourth-order valence-electron chi connectivity index (χ4n) is 1.63. The predicted octanol–water partition coefficient (Wildman–Crippen LogP) is 3.22. The van der Waals surface area contributed by atoms with Crippen LogP contribution in [0.2, 0.25) is 5.02 Å². The van der Waals surface area contributed by atoms with Crippen LogP contribution in [-0.2, 0) is 0 Å². The zero-order valence-corrected chi connectivity index (χ0v) is 10.5. The quantitative estimate of drug-likeness (QED) is 0.855. The van der Waals surface area contributed by atoms with Crippen LogP contribution in [-0.4, -0.2) is 4.98 Å². The van der Waals surface area contributed by atoms with E-state index in [1.807, 2.05) is 6.07 Å². The number of rotatable bonds is 2. The van der Waals surface area contributed by atoms with Gasteiger partial charge in [-0.2, -0.15) is 5.26 Å². The molecule has 94 valence electrons. The molecular weight excluding hydrogens is 265 g/mol. The molecule has 0 aliphatic rings. The number of hydrogen-bond donors (Lipinski definition) is 1. The van der Waals surface area contributed by atoms with Crippen molar-refractivity contribution in [3.8, 4) is 6.07 Å². The van der Waals surface area contributed by atoms with Crippen molar-refractivity contribution in [1.82, 2.24) is 4.98 Å². The van der Waals surface area contributed by atoms with Crippen LogP contribution >= 0.6 is 11.6 Å². The standard InChI is InChI=1S/C14H9ClFN3/c15-10-3-4-11(13(16)6-10)14(18)12(7-17)9-2-1-5-19-8-9/h1-6,8H,18H2/b14-12-. The number of pyridine rings is 1. The van der Waals surface area contributed by atoms with Crippen LogP contribution in [0.25, 0.3) is 11.3 Å². The van der Waals surface area contributed by atoms with Crippen LogP contribution in [0.1, 0.15) is 11.1 Å². The van der Waals surface area contributed by atoms with Gasteiger partial charge in [0.1, 0.15) is 11.9 Å². The van der Waals surface area contributed by atoms with Gasteiger partial charge in [-0.3, -0.25) is 4.98 Å². The second kappa shape index (κ2) is 5.51. The first-order valence-electron chi connectivity index (χ1n) is 5.39. The molecule has 2 N–H and O–H groups in total. The van der Waals surface area contributed by atoms with Gasteiger partial charge in [0.2, 0.25) is 0 Å². The van der Waals surface area contributed by atoms with Gasteiger partial charge in [-0.25, -0.2) is 4.39 Å². The summed E-state index contributed by atoms with van der Waals surface area (Å²) in [5.41, 5.74) is 6.80. The summed E-state index contributed by atoms with van der Waals surface area (Å²) in [6.45, 7) is 0. The molecule has 2 rings (SSSR count). The second-order valence-electron chi connectivity index (χ2n) is 3.77. The van der Waals surface area contributed by atoms with Crippen molar-refractivity contribution in [2.45, 2.75) is 0 Å². The largest absolute Gasteiger partial charge is 0.397 e. The van der Waals surface area contributed by atoms with Gasteiger partial charge in [0, 0.05) is 28.5 Å². The minimum Gasteiger partial charge on any atom is -0.397 e. The fraction of sp³-hybridized carbons (Fsp3) is 0. The van der Waals surface area contributed by atoms with E-state index >= 15 is 0 Å². The van der Waals surface area contributed by atoms with Crippen molar-refractivity contribution in [1.29, 1.82) is 5.26 Å². The number of aromatic nitrogens is 1. The highest BCUT2D eigenvalue weighted by atomic mass is 35.5. The molecular formula is C14H9ClFN3. The van der Waals surface area contributed by atoms with Crippen LogP contribution in [0, 0.1) is 17.1 Å².